The fraction of sp³-hybridized carbons (Fsp3) is 0.667. The molecule has 4 nitrogen and oxygen atoms in total. The number of hydrogen-bond donors (Lipinski definition) is 2. The number of ether oxygens (including phenoxy) is 2. The topological polar surface area (TPSA) is 50.7 Å². The second-order valence-corrected chi connectivity index (χ2v) is 7.91. The summed E-state index contributed by atoms with van der Waals surface area (Å²) in [4.78, 5) is 0. The lowest BCUT2D eigenvalue weighted by molar-refractivity contribution is -0.151. The lowest BCUT2D eigenvalue weighted by Crippen LogP contribution is -2.41. The lowest BCUT2D eigenvalue weighted by atomic mass is 9.99. The highest BCUT2D eigenvalue weighted by atomic mass is 16.6. The van der Waals surface area contributed by atoms with Gasteiger partial charge in [0.05, 0.1) is 23.3 Å². The van der Waals surface area contributed by atoms with E-state index in [9.17, 15) is 5.11 Å². The molecule has 0 bridgehead atoms. The molecule has 124 valence electrons. The quantitative estimate of drug-likeness (QED) is 0.898. The Bertz CT molecular complexity index is 502. The Balaban J connectivity index is 2.27. The van der Waals surface area contributed by atoms with Crippen molar-refractivity contribution in [1.82, 2.24) is 5.32 Å². The van der Waals surface area contributed by atoms with Crippen molar-refractivity contribution in [1.29, 1.82) is 0 Å². The van der Waals surface area contributed by atoms with Gasteiger partial charge in [0.1, 0.15) is 11.9 Å². The van der Waals surface area contributed by atoms with Crippen molar-refractivity contribution in [2.45, 2.75) is 71.0 Å². The van der Waals surface area contributed by atoms with Crippen LogP contribution in [-0.2, 0) is 9.47 Å². The minimum atomic E-state index is -0.279. The molecule has 1 aliphatic rings. The normalized spacial score (nSPS) is 26.4. The van der Waals surface area contributed by atoms with Crippen LogP contribution in [0.5, 0.6) is 5.75 Å². The largest absolute Gasteiger partial charge is 0.508 e. The summed E-state index contributed by atoms with van der Waals surface area (Å²) in [5.74, 6) is 0.291. The van der Waals surface area contributed by atoms with E-state index in [2.05, 4.69) is 26.1 Å². The van der Waals surface area contributed by atoms with E-state index in [4.69, 9.17) is 9.47 Å². The molecule has 0 aromatic heterocycles. The van der Waals surface area contributed by atoms with Gasteiger partial charge in [0.2, 0.25) is 0 Å². The van der Waals surface area contributed by atoms with Crippen molar-refractivity contribution in [3.8, 4) is 5.75 Å². The number of aromatic hydroxyl groups is 1. The van der Waals surface area contributed by atoms with Gasteiger partial charge in [-0.1, -0.05) is 18.2 Å². The third kappa shape index (κ3) is 4.45. The van der Waals surface area contributed by atoms with E-state index in [0.29, 0.717) is 12.3 Å². The van der Waals surface area contributed by atoms with Crippen molar-refractivity contribution < 1.29 is 14.6 Å². The Morgan fingerprint density at radius 1 is 1.00 bits per heavy atom. The Labute approximate surface area is 133 Å². The van der Waals surface area contributed by atoms with Crippen molar-refractivity contribution >= 4 is 0 Å². The summed E-state index contributed by atoms with van der Waals surface area (Å²) in [5.41, 5.74) is 0.343. The number of phenols is 1. The van der Waals surface area contributed by atoms with Gasteiger partial charge in [-0.05, 0) is 47.6 Å². The molecular formula is C18H29NO3. The van der Waals surface area contributed by atoms with Crippen LogP contribution in [0.1, 0.15) is 53.1 Å². The second-order valence-electron chi connectivity index (χ2n) is 7.91. The maximum Gasteiger partial charge on any atom is 0.120 e. The Morgan fingerprint density at radius 2 is 1.59 bits per heavy atom. The summed E-state index contributed by atoms with van der Waals surface area (Å²) < 4.78 is 12.5. The van der Waals surface area contributed by atoms with Gasteiger partial charge in [0.15, 0.2) is 0 Å². The summed E-state index contributed by atoms with van der Waals surface area (Å²) >= 11 is 0. The average Bonchev–Trinajstić information content (AvgIpc) is 2.69. The Kier molecular flexibility index (Phi) is 4.85. The van der Waals surface area contributed by atoms with Crippen LogP contribution in [0.3, 0.4) is 0 Å². The van der Waals surface area contributed by atoms with Crippen LogP contribution in [0, 0.1) is 0 Å². The fourth-order valence-electron chi connectivity index (χ4n) is 2.84. The zero-order valence-electron chi connectivity index (χ0n) is 14.5. The van der Waals surface area contributed by atoms with Crippen LogP contribution >= 0.6 is 0 Å². The number of rotatable bonds is 3. The minimum absolute atomic E-state index is 0.0520. The molecule has 1 aliphatic heterocycles. The molecule has 1 fully saturated rings. The standard InChI is InChI=1S/C18H29NO3/c1-17(2,3)21-14-11-19-15(16(14)22-18(4,5)6)12-9-7-8-10-13(12)20/h7-10,14-16,19-20H,11H2,1-6H3/t14-,15-,16+/m1/s1. The van der Waals surface area contributed by atoms with E-state index in [1.807, 2.05) is 39.0 Å². The SMILES string of the molecule is CC(C)(C)O[C@@H]1[C@@H](c2ccccc2O)NC[C@H]1OC(C)(C)C. The van der Waals surface area contributed by atoms with E-state index in [1.54, 1.807) is 6.07 Å². The van der Waals surface area contributed by atoms with Gasteiger partial charge >= 0.3 is 0 Å². The van der Waals surface area contributed by atoms with Gasteiger partial charge in [-0.15, -0.1) is 0 Å². The Morgan fingerprint density at radius 3 is 2.14 bits per heavy atom. The van der Waals surface area contributed by atoms with Crippen LogP contribution in [0.15, 0.2) is 24.3 Å². The number of nitrogens with one attached hydrogen (secondary N) is 1. The molecule has 4 heteroatoms. The highest BCUT2D eigenvalue weighted by molar-refractivity contribution is 5.36. The molecule has 22 heavy (non-hydrogen) atoms. The van der Waals surface area contributed by atoms with Crippen molar-refractivity contribution in [3.05, 3.63) is 29.8 Å². The van der Waals surface area contributed by atoms with Crippen molar-refractivity contribution in [2.24, 2.45) is 0 Å². The molecule has 0 amide bonds. The highest BCUT2D eigenvalue weighted by Gasteiger charge is 2.43. The number of hydrogen-bond acceptors (Lipinski definition) is 4. The molecule has 0 aliphatic carbocycles. The van der Waals surface area contributed by atoms with Gasteiger partial charge in [0.25, 0.3) is 0 Å². The summed E-state index contributed by atoms with van der Waals surface area (Å²) in [7, 11) is 0. The fourth-order valence-corrected chi connectivity index (χ4v) is 2.84. The van der Waals surface area contributed by atoms with E-state index < -0.39 is 0 Å². The minimum Gasteiger partial charge on any atom is -0.508 e. The highest BCUT2D eigenvalue weighted by Crippen LogP contribution is 2.36. The summed E-state index contributed by atoms with van der Waals surface area (Å²) in [6.07, 6.45) is -0.198. The maximum absolute atomic E-state index is 10.2. The smallest absolute Gasteiger partial charge is 0.120 e. The van der Waals surface area contributed by atoms with Gasteiger partial charge in [-0.3, -0.25) is 0 Å². The molecule has 3 atom stereocenters. The van der Waals surface area contributed by atoms with E-state index in [0.717, 1.165) is 5.56 Å². The first-order valence-electron chi connectivity index (χ1n) is 7.94. The van der Waals surface area contributed by atoms with Gasteiger partial charge in [-0.2, -0.15) is 0 Å². The summed E-state index contributed by atoms with van der Waals surface area (Å²) in [6.45, 7) is 13.0. The first-order chi connectivity index (χ1) is 10.1. The first-order valence-corrected chi connectivity index (χ1v) is 7.94. The van der Waals surface area contributed by atoms with E-state index >= 15 is 0 Å². The predicted molar refractivity (Wildman–Crippen MR) is 88.1 cm³/mol. The van der Waals surface area contributed by atoms with E-state index in [-0.39, 0.29) is 29.5 Å². The van der Waals surface area contributed by atoms with Gasteiger partial charge < -0.3 is 19.9 Å². The molecule has 1 aromatic rings. The van der Waals surface area contributed by atoms with Crippen LogP contribution < -0.4 is 5.32 Å². The van der Waals surface area contributed by atoms with E-state index in [1.165, 1.54) is 0 Å². The zero-order valence-corrected chi connectivity index (χ0v) is 14.5. The molecular weight excluding hydrogens is 278 g/mol. The molecule has 0 spiro atoms. The van der Waals surface area contributed by atoms with Crippen LogP contribution in [-0.4, -0.2) is 35.1 Å². The molecule has 0 unspecified atom stereocenters. The average molecular weight is 307 g/mol. The number of benzene rings is 1. The number of phenolic OH excluding ortho intramolecular Hbond substituents is 1. The second kappa shape index (κ2) is 6.19. The van der Waals surface area contributed by atoms with Crippen LogP contribution in [0.4, 0.5) is 0 Å². The summed E-state index contributed by atoms with van der Waals surface area (Å²) in [5, 5.41) is 13.6. The molecule has 1 aromatic carbocycles. The lowest BCUT2D eigenvalue weighted by Gasteiger charge is -2.34. The van der Waals surface area contributed by atoms with Gasteiger partial charge in [-0.25, -0.2) is 0 Å². The summed E-state index contributed by atoms with van der Waals surface area (Å²) in [6, 6.07) is 7.33. The van der Waals surface area contributed by atoms with Gasteiger partial charge in [0, 0.05) is 12.1 Å². The zero-order chi connectivity index (χ0) is 16.5. The molecule has 1 heterocycles. The molecule has 1 saturated heterocycles. The molecule has 2 N–H and O–H groups in total. The number of para-hydroxylation sites is 1. The maximum atomic E-state index is 10.2. The van der Waals surface area contributed by atoms with Crippen LogP contribution in [0.25, 0.3) is 0 Å². The molecule has 0 radical (unpaired) electrons. The van der Waals surface area contributed by atoms with Crippen LogP contribution in [0.2, 0.25) is 0 Å². The monoisotopic (exact) mass is 307 g/mol. The predicted octanol–water partition coefficient (Wildman–Crippen LogP) is 3.40. The van der Waals surface area contributed by atoms with Crippen molar-refractivity contribution in [3.63, 3.8) is 0 Å². The molecule has 0 saturated carbocycles. The molecule has 2 rings (SSSR count). The Hall–Kier alpha value is -1.10. The third-order valence-corrected chi connectivity index (χ3v) is 3.50. The van der Waals surface area contributed by atoms with Crippen molar-refractivity contribution in [2.75, 3.05) is 6.54 Å². The first kappa shape index (κ1) is 17.3. The third-order valence-electron chi connectivity index (χ3n) is 3.50.